The van der Waals surface area contributed by atoms with Crippen LogP contribution in [-0.4, -0.2) is 21.9 Å². The predicted molar refractivity (Wildman–Crippen MR) is 127 cm³/mol. The number of aliphatic hydroxyl groups excluding tert-OH is 1. The second-order valence-electron chi connectivity index (χ2n) is 8.76. The summed E-state index contributed by atoms with van der Waals surface area (Å²) in [6.45, 7) is 1.85. The summed E-state index contributed by atoms with van der Waals surface area (Å²) in [6.07, 6.45) is 4.19. The van der Waals surface area contributed by atoms with Gasteiger partial charge in [-0.05, 0) is 73.1 Å². The Labute approximate surface area is 192 Å². The third-order valence-corrected chi connectivity index (χ3v) is 6.57. The summed E-state index contributed by atoms with van der Waals surface area (Å²) in [5, 5.41) is 21.9. The van der Waals surface area contributed by atoms with Gasteiger partial charge in [0.1, 0.15) is 11.5 Å². The van der Waals surface area contributed by atoms with E-state index in [1.807, 2.05) is 55.5 Å². The highest BCUT2D eigenvalue weighted by atomic mass is 16.3. The molecule has 0 bridgehead atoms. The predicted octanol–water partition coefficient (Wildman–Crippen LogP) is 5.21. The van der Waals surface area contributed by atoms with E-state index in [0.29, 0.717) is 11.1 Å². The van der Waals surface area contributed by atoms with Crippen LogP contribution < -0.4 is 4.90 Å². The highest BCUT2D eigenvalue weighted by molar-refractivity contribution is 6.51. The van der Waals surface area contributed by atoms with E-state index < -0.39 is 17.7 Å². The molecule has 1 unspecified atom stereocenters. The van der Waals surface area contributed by atoms with Crippen molar-refractivity contribution in [3.63, 3.8) is 0 Å². The number of aliphatic hydroxyl groups is 1. The van der Waals surface area contributed by atoms with E-state index in [-0.39, 0.29) is 22.8 Å². The first kappa shape index (κ1) is 21.0. The Morgan fingerprint density at radius 3 is 2.39 bits per heavy atom. The van der Waals surface area contributed by atoms with E-state index in [2.05, 4.69) is 0 Å². The maximum absolute atomic E-state index is 13.3. The van der Waals surface area contributed by atoms with Crippen LogP contribution in [0.5, 0.6) is 5.75 Å². The molecule has 5 heteroatoms. The molecule has 0 saturated carbocycles. The number of carbonyl (C=O) groups is 2. The number of aromatic hydroxyl groups is 1. The number of nitrogens with zero attached hydrogens (tertiary/aromatic N) is 1. The van der Waals surface area contributed by atoms with Gasteiger partial charge in [0, 0.05) is 5.56 Å². The van der Waals surface area contributed by atoms with Gasteiger partial charge < -0.3 is 10.2 Å². The number of hydrogen-bond donors (Lipinski definition) is 2. The van der Waals surface area contributed by atoms with Crippen molar-refractivity contribution in [1.82, 2.24) is 0 Å². The Kier molecular flexibility index (Phi) is 5.25. The number of benzene rings is 3. The minimum Gasteiger partial charge on any atom is -0.507 e. The molecule has 5 nitrogen and oxygen atoms in total. The van der Waals surface area contributed by atoms with Crippen LogP contribution in [0.15, 0.2) is 72.3 Å². The number of aryl methyl sites for hydroxylation is 3. The summed E-state index contributed by atoms with van der Waals surface area (Å²) in [7, 11) is 0. The number of anilines is 1. The average molecular weight is 440 g/mol. The van der Waals surface area contributed by atoms with Gasteiger partial charge in [0.15, 0.2) is 0 Å². The summed E-state index contributed by atoms with van der Waals surface area (Å²) < 4.78 is 0. The lowest BCUT2D eigenvalue weighted by Crippen LogP contribution is -2.29. The topological polar surface area (TPSA) is 77.8 Å². The fourth-order valence-electron chi connectivity index (χ4n) is 4.89. The number of fused-ring (bicyclic) bond motifs is 1. The molecule has 2 aliphatic rings. The van der Waals surface area contributed by atoms with Crippen LogP contribution in [0.25, 0.3) is 5.76 Å². The van der Waals surface area contributed by atoms with E-state index in [9.17, 15) is 19.8 Å². The van der Waals surface area contributed by atoms with Crippen LogP contribution in [0, 0.1) is 6.92 Å². The molecule has 1 amide bonds. The number of Topliss-reactive ketones (excluding diaryl/α,β-unsaturated/α-hetero) is 1. The van der Waals surface area contributed by atoms with Crippen LogP contribution in [0.2, 0.25) is 0 Å². The minimum atomic E-state index is -0.852. The third kappa shape index (κ3) is 3.59. The first-order chi connectivity index (χ1) is 16.0. The van der Waals surface area contributed by atoms with Crippen molar-refractivity contribution in [2.24, 2.45) is 0 Å². The summed E-state index contributed by atoms with van der Waals surface area (Å²) in [4.78, 5) is 27.8. The molecule has 166 valence electrons. The van der Waals surface area contributed by atoms with Gasteiger partial charge in [0.05, 0.1) is 17.3 Å². The van der Waals surface area contributed by atoms with Crippen LogP contribution in [-0.2, 0) is 22.4 Å². The molecular formula is C28H25NO4. The molecule has 5 rings (SSSR count). The Hall–Kier alpha value is -3.86. The first-order valence-electron chi connectivity index (χ1n) is 11.2. The Morgan fingerprint density at radius 2 is 1.64 bits per heavy atom. The molecule has 2 N–H and O–H groups in total. The van der Waals surface area contributed by atoms with Crippen LogP contribution >= 0.6 is 0 Å². The molecule has 1 saturated heterocycles. The molecule has 1 aliphatic carbocycles. The highest BCUT2D eigenvalue weighted by Gasteiger charge is 2.47. The molecule has 1 aliphatic heterocycles. The van der Waals surface area contributed by atoms with Gasteiger partial charge >= 0.3 is 0 Å². The van der Waals surface area contributed by atoms with Crippen LogP contribution in [0.1, 0.15) is 46.7 Å². The summed E-state index contributed by atoms with van der Waals surface area (Å²) in [6, 6.07) is 19.0. The zero-order valence-corrected chi connectivity index (χ0v) is 18.4. The molecule has 3 aromatic carbocycles. The SMILES string of the molecule is Cc1ccc(O)c(N2C(=O)C(=O)/C(=C(\O)c3ccc4c(c3)CCCC4)C2c2ccccc2)c1. The summed E-state index contributed by atoms with van der Waals surface area (Å²) in [5.41, 5.74) is 4.76. The normalized spacial score (nSPS) is 19.5. The molecule has 0 spiro atoms. The van der Waals surface area contributed by atoms with E-state index in [1.54, 1.807) is 12.1 Å². The van der Waals surface area contributed by atoms with E-state index >= 15 is 0 Å². The maximum atomic E-state index is 13.3. The fraction of sp³-hybridized carbons (Fsp3) is 0.214. The fourth-order valence-corrected chi connectivity index (χ4v) is 4.89. The van der Waals surface area contributed by atoms with Crippen LogP contribution in [0.4, 0.5) is 5.69 Å². The number of carbonyl (C=O) groups excluding carboxylic acids is 2. The van der Waals surface area contributed by atoms with Crippen molar-refractivity contribution in [3.8, 4) is 5.75 Å². The second kappa shape index (κ2) is 8.24. The number of phenolic OH excluding ortho intramolecular Hbond substituents is 1. The third-order valence-electron chi connectivity index (χ3n) is 6.57. The second-order valence-corrected chi connectivity index (χ2v) is 8.76. The number of rotatable bonds is 3. The van der Waals surface area contributed by atoms with Gasteiger partial charge in [-0.2, -0.15) is 0 Å². The van der Waals surface area contributed by atoms with Crippen LogP contribution in [0.3, 0.4) is 0 Å². The van der Waals surface area contributed by atoms with Gasteiger partial charge in [-0.3, -0.25) is 14.5 Å². The van der Waals surface area contributed by atoms with Crippen molar-refractivity contribution in [2.75, 3.05) is 4.90 Å². The lowest BCUT2D eigenvalue weighted by molar-refractivity contribution is -0.132. The molecule has 3 aromatic rings. The standard InChI is InChI=1S/C28H25NO4/c1-17-11-14-23(30)22(15-17)29-25(19-8-3-2-4-9-19)24(27(32)28(29)33)26(31)21-13-12-18-7-5-6-10-20(18)16-21/h2-4,8-9,11-16,25,30-31H,5-7,10H2,1H3/b26-24-. The van der Waals surface area contributed by atoms with Gasteiger partial charge in [0.25, 0.3) is 11.7 Å². The number of amides is 1. The molecular weight excluding hydrogens is 414 g/mol. The lowest BCUT2D eigenvalue weighted by atomic mass is 9.88. The zero-order valence-electron chi connectivity index (χ0n) is 18.4. The maximum Gasteiger partial charge on any atom is 0.300 e. The summed E-state index contributed by atoms with van der Waals surface area (Å²) >= 11 is 0. The van der Waals surface area contributed by atoms with Gasteiger partial charge in [-0.15, -0.1) is 0 Å². The number of hydrogen-bond acceptors (Lipinski definition) is 4. The number of ketones is 1. The highest BCUT2D eigenvalue weighted by Crippen LogP contribution is 2.45. The van der Waals surface area contributed by atoms with Gasteiger partial charge in [-0.1, -0.05) is 48.5 Å². The smallest absolute Gasteiger partial charge is 0.300 e. The van der Waals surface area contributed by atoms with Gasteiger partial charge in [0.2, 0.25) is 0 Å². The molecule has 1 atom stereocenters. The minimum absolute atomic E-state index is 0.0304. The quantitative estimate of drug-likeness (QED) is 0.334. The van der Waals surface area contributed by atoms with Crippen molar-refractivity contribution in [2.45, 2.75) is 38.6 Å². The van der Waals surface area contributed by atoms with Crippen molar-refractivity contribution in [3.05, 3.63) is 100 Å². The van der Waals surface area contributed by atoms with Crippen molar-refractivity contribution in [1.29, 1.82) is 0 Å². The van der Waals surface area contributed by atoms with Crippen molar-refractivity contribution < 1.29 is 19.8 Å². The Morgan fingerprint density at radius 1 is 0.909 bits per heavy atom. The van der Waals surface area contributed by atoms with Crippen molar-refractivity contribution >= 4 is 23.1 Å². The largest absolute Gasteiger partial charge is 0.507 e. The lowest BCUT2D eigenvalue weighted by Gasteiger charge is -2.26. The van der Waals surface area contributed by atoms with E-state index in [4.69, 9.17) is 0 Å². The number of phenols is 1. The molecule has 1 fully saturated rings. The first-order valence-corrected chi connectivity index (χ1v) is 11.2. The molecule has 0 radical (unpaired) electrons. The molecule has 1 heterocycles. The molecule has 33 heavy (non-hydrogen) atoms. The summed E-state index contributed by atoms with van der Waals surface area (Å²) in [5.74, 6) is -1.83. The molecule has 0 aromatic heterocycles. The Bertz CT molecular complexity index is 1290. The van der Waals surface area contributed by atoms with Gasteiger partial charge in [-0.25, -0.2) is 0 Å². The Balaban J connectivity index is 1.71. The van der Waals surface area contributed by atoms with E-state index in [0.717, 1.165) is 31.2 Å². The monoisotopic (exact) mass is 439 g/mol. The zero-order chi connectivity index (χ0) is 23.1. The average Bonchev–Trinajstić information content (AvgIpc) is 3.10. The van der Waals surface area contributed by atoms with E-state index in [1.165, 1.54) is 22.1 Å².